The smallest absolute Gasteiger partial charge is 0.329 e. The predicted octanol–water partition coefficient (Wildman–Crippen LogP) is 4.11. The first-order valence-electron chi connectivity index (χ1n) is 10.1. The molecule has 0 aliphatic carbocycles. The fraction of sp³-hybridized carbons (Fsp3) is 0.0833. The number of benzene rings is 3. The fourth-order valence-corrected chi connectivity index (χ4v) is 3.04. The fourth-order valence-electron chi connectivity index (χ4n) is 2.73. The number of hydrogen-bond donors (Lipinski definition) is 3. The van der Waals surface area contributed by atoms with Gasteiger partial charge in [0.05, 0.1) is 13.3 Å². The largest absolute Gasteiger partial charge is 0.493 e. The molecule has 0 aliphatic heterocycles. The number of rotatable bonds is 8. The lowest BCUT2D eigenvalue weighted by Crippen LogP contribution is -2.32. The Hall–Kier alpha value is -4.08. The highest BCUT2D eigenvalue weighted by Crippen LogP contribution is 2.27. The Balaban J connectivity index is 1.52. The number of carbonyl (C=O) groups is 3. The lowest BCUT2D eigenvalue weighted by atomic mass is 10.2. The maximum atomic E-state index is 12.1. The summed E-state index contributed by atoms with van der Waals surface area (Å²) in [5.74, 6) is -1.54. The molecule has 3 amide bonds. The maximum absolute atomic E-state index is 12.1. The second kappa shape index (κ2) is 12.4. The molecule has 0 unspecified atom stereocenters. The molecule has 9 nitrogen and oxygen atoms in total. The molecule has 0 radical (unpaired) electrons. The molecular weight excluding hydrogens is 495 g/mol. The Labute approximate surface area is 211 Å². The maximum Gasteiger partial charge on any atom is 0.329 e. The van der Waals surface area contributed by atoms with Crippen molar-refractivity contribution in [1.82, 2.24) is 5.43 Å². The number of halogens is 2. The normalized spacial score (nSPS) is 10.5. The van der Waals surface area contributed by atoms with Gasteiger partial charge in [0.1, 0.15) is 0 Å². The zero-order chi connectivity index (χ0) is 25.2. The van der Waals surface area contributed by atoms with Crippen molar-refractivity contribution >= 4 is 58.5 Å². The standard InChI is InChI=1S/C24H20Cl2N4O5/c1-34-21-11-15(13-27-30-24(33)23(32)29-19-4-2-3-17(26)12-19)5-10-20(21)35-14-22(31)28-18-8-6-16(25)7-9-18/h2-13H,14H2,1H3,(H,28,31)(H,29,32)(H,30,33)/b27-13-. The van der Waals surface area contributed by atoms with Crippen molar-refractivity contribution in [2.24, 2.45) is 5.10 Å². The summed E-state index contributed by atoms with van der Waals surface area (Å²) in [4.78, 5) is 36.0. The third-order valence-corrected chi connectivity index (χ3v) is 4.83. The number of nitrogens with zero attached hydrogens (tertiary/aromatic N) is 1. The average molecular weight is 515 g/mol. The molecule has 0 aromatic heterocycles. The highest BCUT2D eigenvalue weighted by Gasteiger charge is 2.13. The van der Waals surface area contributed by atoms with Crippen LogP contribution in [0.5, 0.6) is 11.5 Å². The molecule has 0 fully saturated rings. The summed E-state index contributed by atoms with van der Waals surface area (Å²) >= 11 is 11.7. The molecule has 3 rings (SSSR count). The Kier molecular flexibility index (Phi) is 9.05. The van der Waals surface area contributed by atoms with Crippen LogP contribution in [0.15, 0.2) is 71.8 Å². The number of ether oxygens (including phenoxy) is 2. The van der Waals surface area contributed by atoms with Gasteiger partial charge < -0.3 is 20.1 Å². The van der Waals surface area contributed by atoms with Gasteiger partial charge >= 0.3 is 11.8 Å². The van der Waals surface area contributed by atoms with E-state index in [-0.39, 0.29) is 12.5 Å². The van der Waals surface area contributed by atoms with Gasteiger partial charge in [0.15, 0.2) is 18.1 Å². The van der Waals surface area contributed by atoms with Crippen molar-refractivity contribution in [2.45, 2.75) is 0 Å². The van der Waals surface area contributed by atoms with E-state index < -0.39 is 11.8 Å². The zero-order valence-electron chi connectivity index (χ0n) is 18.4. The molecule has 11 heteroatoms. The van der Waals surface area contributed by atoms with Crippen LogP contribution in [0.1, 0.15) is 5.56 Å². The van der Waals surface area contributed by atoms with E-state index in [1.165, 1.54) is 19.4 Å². The molecule has 0 bridgehead atoms. The summed E-state index contributed by atoms with van der Waals surface area (Å²) in [5, 5.41) is 9.86. The Morgan fingerprint density at radius 2 is 1.63 bits per heavy atom. The molecule has 0 heterocycles. The Bertz CT molecular complexity index is 1250. The molecular formula is C24H20Cl2N4O5. The Morgan fingerprint density at radius 1 is 0.857 bits per heavy atom. The van der Waals surface area contributed by atoms with Crippen LogP contribution in [0.2, 0.25) is 10.0 Å². The number of nitrogens with one attached hydrogen (secondary N) is 3. The lowest BCUT2D eigenvalue weighted by Gasteiger charge is -2.11. The van der Waals surface area contributed by atoms with Gasteiger partial charge in [-0.2, -0.15) is 5.10 Å². The molecule has 3 N–H and O–H groups in total. The van der Waals surface area contributed by atoms with Gasteiger partial charge in [0.2, 0.25) is 0 Å². The van der Waals surface area contributed by atoms with Gasteiger partial charge in [-0.3, -0.25) is 14.4 Å². The molecule has 0 atom stereocenters. The summed E-state index contributed by atoms with van der Waals surface area (Å²) in [7, 11) is 1.44. The van der Waals surface area contributed by atoms with Crippen LogP contribution in [0.4, 0.5) is 11.4 Å². The number of carbonyl (C=O) groups excluding carboxylic acids is 3. The van der Waals surface area contributed by atoms with Gasteiger partial charge in [0, 0.05) is 21.4 Å². The van der Waals surface area contributed by atoms with Gasteiger partial charge in [-0.15, -0.1) is 0 Å². The van der Waals surface area contributed by atoms with Crippen molar-refractivity contribution in [3.8, 4) is 11.5 Å². The first-order chi connectivity index (χ1) is 16.8. The predicted molar refractivity (Wildman–Crippen MR) is 134 cm³/mol. The molecule has 35 heavy (non-hydrogen) atoms. The number of methoxy groups -OCH3 is 1. The van der Waals surface area contributed by atoms with E-state index in [0.717, 1.165) is 0 Å². The van der Waals surface area contributed by atoms with Gasteiger partial charge in [-0.25, -0.2) is 5.43 Å². The van der Waals surface area contributed by atoms with E-state index in [0.29, 0.717) is 38.5 Å². The SMILES string of the molecule is COc1cc(/C=N\NC(=O)C(=O)Nc2cccc(Cl)c2)ccc1OCC(=O)Nc1ccc(Cl)cc1. The van der Waals surface area contributed by atoms with Crippen LogP contribution in [0, 0.1) is 0 Å². The molecule has 0 saturated carbocycles. The van der Waals surface area contributed by atoms with Gasteiger partial charge in [-0.05, 0) is 66.2 Å². The van der Waals surface area contributed by atoms with Crippen molar-refractivity contribution < 1.29 is 23.9 Å². The molecule has 0 saturated heterocycles. The topological polar surface area (TPSA) is 118 Å². The highest BCUT2D eigenvalue weighted by molar-refractivity contribution is 6.39. The summed E-state index contributed by atoms with van der Waals surface area (Å²) in [6, 6.07) is 17.9. The average Bonchev–Trinajstić information content (AvgIpc) is 2.84. The number of amides is 3. The molecule has 0 aliphatic rings. The Morgan fingerprint density at radius 3 is 2.34 bits per heavy atom. The number of anilines is 2. The number of hydrazone groups is 1. The van der Waals surface area contributed by atoms with Crippen molar-refractivity contribution in [3.63, 3.8) is 0 Å². The minimum Gasteiger partial charge on any atom is -0.493 e. The third kappa shape index (κ3) is 8.02. The molecule has 0 spiro atoms. The van der Waals surface area contributed by atoms with Crippen LogP contribution in [0.3, 0.4) is 0 Å². The third-order valence-electron chi connectivity index (χ3n) is 4.34. The van der Waals surface area contributed by atoms with Gasteiger partial charge in [0.25, 0.3) is 5.91 Å². The van der Waals surface area contributed by atoms with Crippen LogP contribution >= 0.6 is 23.2 Å². The minimum absolute atomic E-state index is 0.246. The second-order valence-electron chi connectivity index (χ2n) is 6.92. The number of hydrogen-bond acceptors (Lipinski definition) is 6. The van der Waals surface area contributed by atoms with Gasteiger partial charge in [-0.1, -0.05) is 29.3 Å². The first kappa shape index (κ1) is 25.5. The second-order valence-corrected chi connectivity index (χ2v) is 7.79. The van der Waals surface area contributed by atoms with Crippen LogP contribution in [-0.4, -0.2) is 37.7 Å². The van der Waals surface area contributed by atoms with Crippen LogP contribution in [-0.2, 0) is 14.4 Å². The molecule has 3 aromatic carbocycles. The first-order valence-corrected chi connectivity index (χ1v) is 10.9. The summed E-state index contributed by atoms with van der Waals surface area (Å²) in [6.45, 7) is -0.246. The van der Waals surface area contributed by atoms with E-state index >= 15 is 0 Å². The van der Waals surface area contributed by atoms with E-state index in [1.807, 2.05) is 0 Å². The van der Waals surface area contributed by atoms with Crippen molar-refractivity contribution in [2.75, 3.05) is 24.4 Å². The quantitative estimate of drug-likeness (QED) is 0.237. The van der Waals surface area contributed by atoms with Crippen LogP contribution in [0.25, 0.3) is 0 Å². The van der Waals surface area contributed by atoms with E-state index in [2.05, 4.69) is 21.2 Å². The summed E-state index contributed by atoms with van der Waals surface area (Å²) in [5.41, 5.74) is 3.65. The van der Waals surface area contributed by atoms with Crippen molar-refractivity contribution in [3.05, 3.63) is 82.3 Å². The van der Waals surface area contributed by atoms with Crippen LogP contribution < -0.4 is 25.5 Å². The molecule has 180 valence electrons. The monoisotopic (exact) mass is 514 g/mol. The van der Waals surface area contributed by atoms with E-state index in [9.17, 15) is 14.4 Å². The van der Waals surface area contributed by atoms with Crippen molar-refractivity contribution in [1.29, 1.82) is 0 Å². The lowest BCUT2D eigenvalue weighted by molar-refractivity contribution is -0.136. The molecule has 3 aromatic rings. The minimum atomic E-state index is -0.958. The van der Waals surface area contributed by atoms with E-state index in [4.69, 9.17) is 32.7 Å². The highest BCUT2D eigenvalue weighted by atomic mass is 35.5. The zero-order valence-corrected chi connectivity index (χ0v) is 19.9. The summed E-state index contributed by atoms with van der Waals surface area (Å²) < 4.78 is 10.8. The van der Waals surface area contributed by atoms with E-state index in [1.54, 1.807) is 60.7 Å². The summed E-state index contributed by atoms with van der Waals surface area (Å²) in [6.07, 6.45) is 1.32.